The van der Waals surface area contributed by atoms with Gasteiger partial charge in [-0.3, -0.25) is 9.59 Å². The number of carbonyl (C=O) groups excluding carboxylic acids is 2. The summed E-state index contributed by atoms with van der Waals surface area (Å²) in [6.07, 6.45) is 4.12. The Morgan fingerprint density at radius 3 is 2.67 bits per heavy atom. The number of fused-ring (bicyclic) bond motifs is 2. The van der Waals surface area contributed by atoms with Crippen molar-refractivity contribution in [1.29, 1.82) is 0 Å². The van der Waals surface area contributed by atoms with Crippen molar-refractivity contribution in [3.63, 3.8) is 0 Å². The first-order valence-corrected chi connectivity index (χ1v) is 10.1. The lowest BCUT2D eigenvalue weighted by Gasteiger charge is -2.46. The summed E-state index contributed by atoms with van der Waals surface area (Å²) in [6.45, 7) is 5.55. The summed E-state index contributed by atoms with van der Waals surface area (Å²) in [7, 11) is 0. The molecule has 1 saturated carbocycles. The highest BCUT2D eigenvalue weighted by Gasteiger charge is 2.57. The lowest BCUT2D eigenvalue weighted by molar-refractivity contribution is -0.177. The van der Waals surface area contributed by atoms with Crippen molar-refractivity contribution >= 4 is 11.9 Å². The second-order valence-corrected chi connectivity index (χ2v) is 8.38. The quantitative estimate of drug-likeness (QED) is 0.504. The number of hydrogen-bond donors (Lipinski definition) is 0. The molecule has 5 aliphatic rings. The third-order valence-electron chi connectivity index (χ3n) is 6.98. The maximum absolute atomic E-state index is 13.5. The van der Waals surface area contributed by atoms with Crippen molar-refractivity contribution in [3.05, 3.63) is 11.6 Å². The van der Waals surface area contributed by atoms with Crippen LogP contribution < -0.4 is 0 Å². The van der Waals surface area contributed by atoms with Gasteiger partial charge < -0.3 is 23.8 Å². The summed E-state index contributed by atoms with van der Waals surface area (Å²) in [6, 6.07) is 0. The number of esters is 1. The van der Waals surface area contributed by atoms with Gasteiger partial charge in [-0.15, -0.1) is 0 Å². The molecule has 2 aliphatic carbocycles. The average Bonchev–Trinajstić information content (AvgIpc) is 3.24. The predicted molar refractivity (Wildman–Crippen MR) is 93.5 cm³/mol. The zero-order chi connectivity index (χ0) is 18.6. The van der Waals surface area contributed by atoms with E-state index in [1.54, 1.807) is 0 Å². The molecule has 5 atom stereocenters. The van der Waals surface area contributed by atoms with E-state index in [-0.39, 0.29) is 41.7 Å². The van der Waals surface area contributed by atoms with Gasteiger partial charge in [0.05, 0.1) is 38.3 Å². The molecule has 0 N–H and O–H groups in total. The lowest BCUT2D eigenvalue weighted by atomic mass is 9.61. The van der Waals surface area contributed by atoms with Crippen LogP contribution in [0, 0.1) is 23.7 Å². The first-order valence-electron chi connectivity index (χ1n) is 10.1. The van der Waals surface area contributed by atoms with Crippen molar-refractivity contribution in [1.82, 2.24) is 4.90 Å². The van der Waals surface area contributed by atoms with Crippen LogP contribution in [0.4, 0.5) is 0 Å². The molecule has 4 fully saturated rings. The van der Waals surface area contributed by atoms with Gasteiger partial charge in [-0.1, -0.05) is 11.6 Å². The SMILES string of the molecule is CC1OC(=O)[C@@H]2C=C3CC4(CC[C@H]3[C@H](C(=O)N3CCOCC3)[C@H]12)OCCO4. The van der Waals surface area contributed by atoms with E-state index < -0.39 is 5.79 Å². The van der Waals surface area contributed by atoms with Crippen molar-refractivity contribution in [2.75, 3.05) is 39.5 Å². The van der Waals surface area contributed by atoms with Crippen LogP contribution in [-0.2, 0) is 28.5 Å². The number of nitrogens with zero attached hydrogens (tertiary/aromatic N) is 1. The number of amides is 1. The van der Waals surface area contributed by atoms with E-state index in [9.17, 15) is 9.59 Å². The normalized spacial score (nSPS) is 40.3. The van der Waals surface area contributed by atoms with Crippen molar-refractivity contribution in [2.24, 2.45) is 23.7 Å². The van der Waals surface area contributed by atoms with E-state index in [2.05, 4.69) is 6.08 Å². The van der Waals surface area contributed by atoms with Gasteiger partial charge in [-0.2, -0.15) is 0 Å². The minimum atomic E-state index is -0.560. The molecule has 148 valence electrons. The Kier molecular flexibility index (Phi) is 4.29. The summed E-state index contributed by atoms with van der Waals surface area (Å²) >= 11 is 0. The molecule has 3 saturated heterocycles. The largest absolute Gasteiger partial charge is 0.462 e. The van der Waals surface area contributed by atoms with Crippen molar-refractivity contribution < 1.29 is 28.5 Å². The maximum Gasteiger partial charge on any atom is 0.313 e. The molecule has 7 nitrogen and oxygen atoms in total. The molecule has 7 heteroatoms. The van der Waals surface area contributed by atoms with Crippen LogP contribution in [0.1, 0.15) is 26.2 Å². The fraction of sp³-hybridized carbons (Fsp3) is 0.800. The fourth-order valence-electron chi connectivity index (χ4n) is 5.74. The van der Waals surface area contributed by atoms with Crippen LogP contribution in [0.3, 0.4) is 0 Å². The molecular formula is C20H27NO6. The highest BCUT2D eigenvalue weighted by molar-refractivity contribution is 5.85. The standard InChI is InChI=1S/C20H27NO6/c1-12-16-15(19(23)27-12)10-13-11-20(25-8-9-26-20)3-2-14(13)17(16)18(22)21-4-6-24-7-5-21/h10,12,14-17H,2-9,11H2,1H3/t12?,14-,15-,16-,17+/m1/s1. The molecule has 0 aromatic rings. The van der Waals surface area contributed by atoms with Gasteiger partial charge in [0.15, 0.2) is 5.79 Å². The Hall–Kier alpha value is -1.44. The topological polar surface area (TPSA) is 74.3 Å². The molecule has 1 unspecified atom stereocenters. The van der Waals surface area contributed by atoms with Gasteiger partial charge in [0.2, 0.25) is 5.91 Å². The van der Waals surface area contributed by atoms with Crippen LogP contribution in [0.2, 0.25) is 0 Å². The molecule has 0 bridgehead atoms. The number of morpholine rings is 1. The van der Waals surface area contributed by atoms with E-state index in [1.165, 1.54) is 0 Å². The summed E-state index contributed by atoms with van der Waals surface area (Å²) in [5.41, 5.74) is 1.14. The van der Waals surface area contributed by atoms with Crippen molar-refractivity contribution in [2.45, 2.75) is 38.1 Å². The van der Waals surface area contributed by atoms with Gasteiger partial charge in [0.1, 0.15) is 6.10 Å². The minimum Gasteiger partial charge on any atom is -0.462 e. The minimum absolute atomic E-state index is 0.0824. The number of cyclic esters (lactones) is 1. The molecule has 0 aromatic heterocycles. The van der Waals surface area contributed by atoms with Gasteiger partial charge in [0, 0.05) is 31.8 Å². The van der Waals surface area contributed by atoms with Crippen LogP contribution in [-0.4, -0.2) is 68.2 Å². The Morgan fingerprint density at radius 2 is 1.93 bits per heavy atom. The fourth-order valence-corrected chi connectivity index (χ4v) is 5.74. The molecule has 1 spiro atoms. The monoisotopic (exact) mass is 377 g/mol. The van der Waals surface area contributed by atoms with Crippen molar-refractivity contribution in [3.8, 4) is 0 Å². The van der Waals surface area contributed by atoms with E-state index in [4.69, 9.17) is 18.9 Å². The van der Waals surface area contributed by atoms with Gasteiger partial charge in [0.25, 0.3) is 0 Å². The van der Waals surface area contributed by atoms with E-state index >= 15 is 0 Å². The molecular weight excluding hydrogens is 350 g/mol. The van der Waals surface area contributed by atoms with E-state index in [0.29, 0.717) is 45.9 Å². The average molecular weight is 377 g/mol. The van der Waals surface area contributed by atoms with E-state index in [0.717, 1.165) is 18.4 Å². The second kappa shape index (κ2) is 6.57. The zero-order valence-corrected chi connectivity index (χ0v) is 15.7. The first-order chi connectivity index (χ1) is 13.1. The third-order valence-corrected chi connectivity index (χ3v) is 6.98. The van der Waals surface area contributed by atoms with Gasteiger partial charge in [-0.05, 0) is 19.3 Å². The summed E-state index contributed by atoms with van der Waals surface area (Å²) in [4.78, 5) is 27.9. The van der Waals surface area contributed by atoms with Crippen LogP contribution in [0.5, 0.6) is 0 Å². The molecule has 0 radical (unpaired) electrons. The van der Waals surface area contributed by atoms with Gasteiger partial charge >= 0.3 is 5.97 Å². The molecule has 3 heterocycles. The lowest BCUT2D eigenvalue weighted by Crippen LogP contribution is -2.52. The highest BCUT2D eigenvalue weighted by Crippen LogP contribution is 2.53. The second-order valence-electron chi connectivity index (χ2n) is 8.38. The number of carbonyl (C=O) groups is 2. The number of ether oxygens (including phenoxy) is 4. The summed E-state index contributed by atoms with van der Waals surface area (Å²) < 4.78 is 22.8. The van der Waals surface area contributed by atoms with Crippen LogP contribution in [0.15, 0.2) is 11.6 Å². The molecule has 3 aliphatic heterocycles. The maximum atomic E-state index is 13.5. The zero-order valence-electron chi connectivity index (χ0n) is 15.7. The predicted octanol–water partition coefficient (Wildman–Crippen LogP) is 1.12. The van der Waals surface area contributed by atoms with Gasteiger partial charge in [-0.25, -0.2) is 0 Å². The Labute approximate surface area is 158 Å². The number of hydrogen-bond acceptors (Lipinski definition) is 6. The third kappa shape index (κ3) is 2.82. The highest BCUT2D eigenvalue weighted by atomic mass is 16.7. The summed E-state index contributed by atoms with van der Waals surface area (Å²) in [5.74, 6) is -1.11. The molecule has 0 aromatic carbocycles. The summed E-state index contributed by atoms with van der Waals surface area (Å²) in [5, 5.41) is 0. The Morgan fingerprint density at radius 1 is 1.19 bits per heavy atom. The van der Waals surface area contributed by atoms with Crippen LogP contribution in [0.25, 0.3) is 0 Å². The Bertz CT molecular complexity index is 663. The van der Waals surface area contributed by atoms with E-state index in [1.807, 2.05) is 11.8 Å². The molecule has 1 amide bonds. The first kappa shape index (κ1) is 17.6. The molecule has 27 heavy (non-hydrogen) atoms. The van der Waals surface area contributed by atoms with Crippen LogP contribution >= 0.6 is 0 Å². The number of rotatable bonds is 1. The Balaban J connectivity index is 1.48. The molecule has 5 rings (SSSR count). The smallest absolute Gasteiger partial charge is 0.313 e.